The molecule has 2 N–H and O–H groups in total. The van der Waals surface area contributed by atoms with E-state index in [1.54, 1.807) is 0 Å². The van der Waals surface area contributed by atoms with Crippen molar-refractivity contribution >= 4 is 11.6 Å². The van der Waals surface area contributed by atoms with Crippen LogP contribution in [0.1, 0.15) is 23.9 Å². The first-order valence-corrected chi connectivity index (χ1v) is 6.31. The van der Waals surface area contributed by atoms with Crippen LogP contribution in [0, 0.1) is 13.8 Å². The number of aryl methyl sites for hydroxylation is 2. The van der Waals surface area contributed by atoms with Crippen molar-refractivity contribution < 1.29 is 4.79 Å². The molecule has 100 valence electrons. The van der Waals surface area contributed by atoms with Crippen LogP contribution in [-0.2, 0) is 11.3 Å². The molecular formula is C15H19N3O. The highest BCUT2D eigenvalue weighted by Gasteiger charge is 2.00. The fourth-order valence-corrected chi connectivity index (χ4v) is 2.00. The maximum atomic E-state index is 10.9. The first-order chi connectivity index (χ1) is 9.06. The van der Waals surface area contributed by atoms with Crippen molar-refractivity contribution in [1.82, 2.24) is 4.68 Å². The Morgan fingerprint density at radius 2 is 1.63 bits per heavy atom. The number of aromatic nitrogens is 1. The smallest absolute Gasteiger partial charge is 0.221 e. The lowest BCUT2D eigenvalue weighted by Crippen LogP contribution is -2.16. The summed E-state index contributed by atoms with van der Waals surface area (Å²) in [6.45, 7) is 6.39. The van der Waals surface area contributed by atoms with E-state index in [4.69, 9.17) is 0 Å². The summed E-state index contributed by atoms with van der Waals surface area (Å²) >= 11 is 0. The van der Waals surface area contributed by atoms with E-state index < -0.39 is 0 Å². The van der Waals surface area contributed by atoms with Crippen molar-refractivity contribution in [3.8, 4) is 0 Å². The van der Waals surface area contributed by atoms with Gasteiger partial charge in [-0.25, -0.2) is 0 Å². The molecule has 0 aliphatic rings. The molecule has 0 atom stereocenters. The van der Waals surface area contributed by atoms with E-state index in [1.807, 2.05) is 24.3 Å². The fraction of sp³-hybridized carbons (Fsp3) is 0.267. The zero-order valence-electron chi connectivity index (χ0n) is 11.5. The summed E-state index contributed by atoms with van der Waals surface area (Å²) in [5.41, 5.74) is 7.73. The second-order valence-electron chi connectivity index (χ2n) is 4.66. The Labute approximate surface area is 113 Å². The highest BCUT2D eigenvalue weighted by atomic mass is 16.1. The van der Waals surface area contributed by atoms with Crippen molar-refractivity contribution in [2.24, 2.45) is 0 Å². The molecule has 1 aromatic carbocycles. The number of nitrogens with zero attached hydrogens (tertiary/aromatic N) is 1. The Hall–Kier alpha value is -2.23. The van der Waals surface area contributed by atoms with Crippen LogP contribution < -0.4 is 10.7 Å². The molecule has 0 spiro atoms. The van der Waals surface area contributed by atoms with Crippen molar-refractivity contribution in [1.29, 1.82) is 0 Å². The quantitative estimate of drug-likeness (QED) is 0.884. The van der Waals surface area contributed by atoms with Gasteiger partial charge in [-0.2, -0.15) is 0 Å². The lowest BCUT2D eigenvalue weighted by Gasteiger charge is -2.13. The molecule has 0 aliphatic carbocycles. The summed E-state index contributed by atoms with van der Waals surface area (Å²) in [5.74, 6) is -0.0514. The Morgan fingerprint density at radius 1 is 1.05 bits per heavy atom. The predicted octanol–water partition coefficient (Wildman–Crippen LogP) is 2.81. The van der Waals surface area contributed by atoms with Crippen molar-refractivity contribution in [2.75, 3.05) is 10.7 Å². The molecule has 0 aliphatic heterocycles. The van der Waals surface area contributed by atoms with Gasteiger partial charge in [-0.1, -0.05) is 12.1 Å². The molecular weight excluding hydrogens is 238 g/mol. The maximum absolute atomic E-state index is 10.9. The molecule has 1 aromatic heterocycles. The van der Waals surface area contributed by atoms with Crippen LogP contribution in [0.4, 0.5) is 5.69 Å². The lowest BCUT2D eigenvalue weighted by molar-refractivity contribution is -0.114. The molecule has 0 unspecified atom stereocenters. The van der Waals surface area contributed by atoms with Crippen molar-refractivity contribution in [2.45, 2.75) is 27.3 Å². The summed E-state index contributed by atoms with van der Waals surface area (Å²) in [7, 11) is 0. The number of rotatable bonds is 4. The minimum absolute atomic E-state index is 0.0514. The van der Waals surface area contributed by atoms with E-state index in [2.05, 4.69) is 41.4 Å². The Morgan fingerprint density at radius 3 is 2.16 bits per heavy atom. The first kappa shape index (κ1) is 13.2. The van der Waals surface area contributed by atoms with Gasteiger partial charge in [0.05, 0.1) is 6.54 Å². The summed E-state index contributed by atoms with van der Waals surface area (Å²) in [6.07, 6.45) is 0. The van der Waals surface area contributed by atoms with E-state index in [9.17, 15) is 4.79 Å². The molecule has 0 fully saturated rings. The van der Waals surface area contributed by atoms with Gasteiger partial charge in [-0.05, 0) is 43.7 Å². The SMILES string of the molecule is CC(=O)Nc1ccc(CNn2c(C)ccc2C)cc1. The number of hydrogen-bond acceptors (Lipinski definition) is 2. The maximum Gasteiger partial charge on any atom is 0.221 e. The van der Waals surface area contributed by atoms with Crippen LogP contribution in [0.15, 0.2) is 36.4 Å². The summed E-state index contributed by atoms with van der Waals surface area (Å²) in [4.78, 5) is 10.9. The Kier molecular flexibility index (Phi) is 3.90. The van der Waals surface area contributed by atoms with Gasteiger partial charge in [0, 0.05) is 24.0 Å². The van der Waals surface area contributed by atoms with Crippen LogP contribution in [0.25, 0.3) is 0 Å². The highest BCUT2D eigenvalue weighted by molar-refractivity contribution is 5.88. The zero-order chi connectivity index (χ0) is 13.8. The minimum atomic E-state index is -0.0514. The predicted molar refractivity (Wildman–Crippen MR) is 77.7 cm³/mol. The number of nitrogens with one attached hydrogen (secondary N) is 2. The molecule has 0 saturated heterocycles. The molecule has 1 heterocycles. The fourth-order valence-electron chi connectivity index (χ4n) is 2.00. The van der Waals surface area contributed by atoms with Crippen LogP contribution in [0.2, 0.25) is 0 Å². The van der Waals surface area contributed by atoms with Crippen molar-refractivity contribution in [3.63, 3.8) is 0 Å². The zero-order valence-corrected chi connectivity index (χ0v) is 11.5. The van der Waals surface area contributed by atoms with Crippen molar-refractivity contribution in [3.05, 3.63) is 53.3 Å². The Balaban J connectivity index is 1.98. The van der Waals surface area contributed by atoms with Crippen LogP contribution in [-0.4, -0.2) is 10.6 Å². The van der Waals surface area contributed by atoms with Crippen LogP contribution >= 0.6 is 0 Å². The first-order valence-electron chi connectivity index (χ1n) is 6.31. The molecule has 0 bridgehead atoms. The molecule has 2 aromatic rings. The second kappa shape index (κ2) is 5.61. The molecule has 4 heteroatoms. The van der Waals surface area contributed by atoms with E-state index in [0.717, 1.165) is 12.2 Å². The largest absolute Gasteiger partial charge is 0.326 e. The van der Waals surface area contributed by atoms with Gasteiger partial charge in [0.25, 0.3) is 0 Å². The third kappa shape index (κ3) is 3.37. The number of hydrogen-bond donors (Lipinski definition) is 2. The van der Waals surface area contributed by atoms with Crippen LogP contribution in [0.3, 0.4) is 0 Å². The topological polar surface area (TPSA) is 46.1 Å². The van der Waals surface area contributed by atoms with Gasteiger partial charge in [0.15, 0.2) is 0 Å². The number of anilines is 1. The Bertz CT molecular complexity index is 550. The number of benzene rings is 1. The molecule has 4 nitrogen and oxygen atoms in total. The van der Waals surface area contributed by atoms with E-state index >= 15 is 0 Å². The number of carbonyl (C=O) groups excluding carboxylic acids is 1. The standard InChI is InChI=1S/C15H19N3O/c1-11-4-5-12(2)18(11)16-10-14-6-8-15(9-7-14)17-13(3)19/h4-9,16H,10H2,1-3H3,(H,17,19). The average Bonchev–Trinajstić information content (AvgIpc) is 2.68. The third-order valence-corrected chi connectivity index (χ3v) is 2.99. The van der Waals surface area contributed by atoms with Gasteiger partial charge in [-0.3, -0.25) is 9.47 Å². The van der Waals surface area contributed by atoms with E-state index in [-0.39, 0.29) is 5.91 Å². The van der Waals surface area contributed by atoms with E-state index in [1.165, 1.54) is 23.9 Å². The average molecular weight is 257 g/mol. The van der Waals surface area contributed by atoms with E-state index in [0.29, 0.717) is 0 Å². The molecule has 0 radical (unpaired) electrons. The van der Waals surface area contributed by atoms with Gasteiger partial charge in [0.2, 0.25) is 5.91 Å². The van der Waals surface area contributed by atoms with Gasteiger partial charge in [0.1, 0.15) is 0 Å². The minimum Gasteiger partial charge on any atom is -0.326 e. The lowest BCUT2D eigenvalue weighted by atomic mass is 10.2. The number of amides is 1. The van der Waals surface area contributed by atoms with Gasteiger partial charge < -0.3 is 10.7 Å². The molecule has 19 heavy (non-hydrogen) atoms. The molecule has 0 saturated carbocycles. The number of carbonyl (C=O) groups is 1. The van der Waals surface area contributed by atoms with Gasteiger partial charge >= 0.3 is 0 Å². The summed E-state index contributed by atoms with van der Waals surface area (Å²) in [6, 6.07) is 12.0. The highest BCUT2D eigenvalue weighted by Crippen LogP contribution is 2.10. The van der Waals surface area contributed by atoms with Gasteiger partial charge in [-0.15, -0.1) is 0 Å². The summed E-state index contributed by atoms with van der Waals surface area (Å²) in [5, 5.41) is 2.76. The molecule has 1 amide bonds. The monoisotopic (exact) mass is 257 g/mol. The molecule has 2 rings (SSSR count). The summed E-state index contributed by atoms with van der Waals surface area (Å²) < 4.78 is 2.07. The normalized spacial score (nSPS) is 10.3. The van der Waals surface area contributed by atoms with Crippen LogP contribution in [0.5, 0.6) is 0 Å². The second-order valence-corrected chi connectivity index (χ2v) is 4.66. The third-order valence-electron chi connectivity index (χ3n) is 2.99.